The lowest BCUT2D eigenvalue weighted by molar-refractivity contribution is 0.187. The Morgan fingerprint density at radius 2 is 2.20 bits per heavy atom. The van der Waals surface area contributed by atoms with Gasteiger partial charge in [0.2, 0.25) is 5.95 Å². The van der Waals surface area contributed by atoms with E-state index >= 15 is 0 Å². The van der Waals surface area contributed by atoms with Crippen molar-refractivity contribution in [2.75, 3.05) is 5.73 Å². The quantitative estimate of drug-likeness (QED) is 0.733. The molecule has 1 saturated carbocycles. The van der Waals surface area contributed by atoms with Crippen LogP contribution in [0.3, 0.4) is 0 Å². The zero-order valence-electron chi connectivity index (χ0n) is 11.8. The molecule has 0 spiro atoms. The summed E-state index contributed by atoms with van der Waals surface area (Å²) in [4.78, 5) is 4.41. The zero-order chi connectivity index (χ0) is 14.5. The van der Waals surface area contributed by atoms with Crippen LogP contribution in [0.1, 0.15) is 45.6 Å². The molecule has 0 bridgehead atoms. The third-order valence-electron chi connectivity index (χ3n) is 4.30. The molecule has 1 aliphatic rings. The van der Waals surface area contributed by atoms with Crippen molar-refractivity contribution < 1.29 is 4.39 Å². The topological polar surface area (TPSA) is 43.8 Å². The Morgan fingerprint density at radius 1 is 1.45 bits per heavy atom. The molecular formula is C15H19FIN3. The molecule has 1 fully saturated rings. The van der Waals surface area contributed by atoms with Gasteiger partial charge >= 0.3 is 0 Å². The average Bonchev–Trinajstić information content (AvgIpc) is 2.64. The van der Waals surface area contributed by atoms with Crippen LogP contribution in [-0.4, -0.2) is 9.55 Å². The van der Waals surface area contributed by atoms with E-state index in [1.165, 1.54) is 12.8 Å². The standard InChI is InChI=1S/C15H19FIN3/c1-15(2)5-3-4-9(8-15)20-13-6-10(16)11(17)7-12(13)19-14(20)18/h6-7,9H,3-5,8H2,1-2H3,(H2,18,19). The number of halogens is 2. The number of nitrogens with two attached hydrogens (primary N) is 1. The Morgan fingerprint density at radius 3 is 2.90 bits per heavy atom. The lowest BCUT2D eigenvalue weighted by Crippen LogP contribution is -2.25. The normalized spacial score (nSPS) is 22.3. The van der Waals surface area contributed by atoms with Gasteiger partial charge in [0.15, 0.2) is 0 Å². The van der Waals surface area contributed by atoms with Crippen molar-refractivity contribution in [2.45, 2.75) is 45.6 Å². The molecule has 2 N–H and O–H groups in total. The molecule has 5 heteroatoms. The summed E-state index contributed by atoms with van der Waals surface area (Å²) in [6, 6.07) is 3.66. The first-order valence-corrected chi connectivity index (χ1v) is 8.08. The molecule has 3 nitrogen and oxygen atoms in total. The van der Waals surface area contributed by atoms with Crippen LogP contribution in [0.15, 0.2) is 12.1 Å². The first-order valence-electron chi connectivity index (χ1n) is 7.00. The molecule has 0 radical (unpaired) electrons. The molecule has 3 rings (SSSR count). The van der Waals surface area contributed by atoms with Gasteiger partial charge in [-0.2, -0.15) is 0 Å². The van der Waals surface area contributed by atoms with Gasteiger partial charge in [-0.05, 0) is 53.3 Å². The van der Waals surface area contributed by atoms with Crippen LogP contribution in [0, 0.1) is 14.8 Å². The number of hydrogen-bond donors (Lipinski definition) is 1. The predicted octanol–water partition coefficient (Wildman–Crippen LogP) is 4.50. The lowest BCUT2D eigenvalue weighted by atomic mass is 9.75. The maximum atomic E-state index is 13.9. The van der Waals surface area contributed by atoms with E-state index in [9.17, 15) is 4.39 Å². The molecule has 1 atom stereocenters. The second-order valence-electron chi connectivity index (χ2n) is 6.51. The smallest absolute Gasteiger partial charge is 0.201 e. The molecular weight excluding hydrogens is 368 g/mol. The molecule has 108 valence electrons. The van der Waals surface area contributed by atoms with Crippen molar-refractivity contribution in [1.82, 2.24) is 9.55 Å². The average molecular weight is 387 g/mol. The number of anilines is 1. The number of nitrogens with zero attached hydrogens (tertiary/aromatic N) is 2. The van der Waals surface area contributed by atoms with Gasteiger partial charge in [-0.25, -0.2) is 9.37 Å². The SMILES string of the molecule is CC1(C)CCCC(n2c(N)nc3cc(I)c(F)cc32)C1. The van der Waals surface area contributed by atoms with Crippen molar-refractivity contribution in [3.63, 3.8) is 0 Å². The fraction of sp³-hybridized carbons (Fsp3) is 0.533. The van der Waals surface area contributed by atoms with Gasteiger partial charge < -0.3 is 10.3 Å². The molecule has 0 aliphatic heterocycles. The van der Waals surface area contributed by atoms with E-state index in [1.54, 1.807) is 12.1 Å². The van der Waals surface area contributed by atoms with Crippen LogP contribution >= 0.6 is 22.6 Å². The van der Waals surface area contributed by atoms with Gasteiger partial charge in [-0.3, -0.25) is 0 Å². The van der Waals surface area contributed by atoms with Crippen LogP contribution in [0.4, 0.5) is 10.3 Å². The van der Waals surface area contributed by atoms with Crippen LogP contribution in [0.2, 0.25) is 0 Å². The summed E-state index contributed by atoms with van der Waals surface area (Å²) in [5.41, 5.74) is 8.02. The van der Waals surface area contributed by atoms with Crippen LogP contribution in [-0.2, 0) is 0 Å². The van der Waals surface area contributed by atoms with Gasteiger partial charge in [0.05, 0.1) is 14.6 Å². The Balaban J connectivity index is 2.11. The number of aromatic nitrogens is 2. The maximum Gasteiger partial charge on any atom is 0.201 e. The summed E-state index contributed by atoms with van der Waals surface area (Å²) < 4.78 is 16.5. The van der Waals surface area contributed by atoms with Crippen molar-refractivity contribution in [2.24, 2.45) is 5.41 Å². The number of rotatable bonds is 1. The highest BCUT2D eigenvalue weighted by molar-refractivity contribution is 14.1. The fourth-order valence-corrected chi connectivity index (χ4v) is 3.82. The number of benzene rings is 1. The third-order valence-corrected chi connectivity index (χ3v) is 5.13. The second-order valence-corrected chi connectivity index (χ2v) is 7.67. The second kappa shape index (κ2) is 4.86. The van der Waals surface area contributed by atoms with Gasteiger partial charge in [-0.15, -0.1) is 0 Å². The molecule has 1 aromatic carbocycles. The van der Waals surface area contributed by atoms with E-state index in [-0.39, 0.29) is 5.82 Å². The van der Waals surface area contributed by atoms with Gasteiger partial charge in [-0.1, -0.05) is 20.3 Å². The minimum Gasteiger partial charge on any atom is -0.369 e. The number of hydrogen-bond acceptors (Lipinski definition) is 2. The molecule has 2 aromatic rings. The molecule has 1 aliphatic carbocycles. The first-order chi connectivity index (χ1) is 9.37. The third kappa shape index (κ3) is 2.40. The minimum atomic E-state index is -0.200. The predicted molar refractivity (Wildman–Crippen MR) is 88.1 cm³/mol. The summed E-state index contributed by atoms with van der Waals surface area (Å²) in [7, 11) is 0. The van der Waals surface area contributed by atoms with E-state index in [4.69, 9.17) is 5.73 Å². The van der Waals surface area contributed by atoms with E-state index in [0.717, 1.165) is 23.9 Å². The van der Waals surface area contributed by atoms with Crippen LogP contribution in [0.25, 0.3) is 11.0 Å². The highest BCUT2D eigenvalue weighted by Crippen LogP contribution is 2.43. The maximum absolute atomic E-state index is 13.9. The number of nitrogen functional groups attached to an aromatic ring is 1. The summed E-state index contributed by atoms with van der Waals surface area (Å²) in [5, 5.41) is 0. The minimum absolute atomic E-state index is 0.200. The fourth-order valence-electron chi connectivity index (χ4n) is 3.37. The van der Waals surface area contributed by atoms with Crippen molar-refractivity contribution in [3.8, 4) is 0 Å². The molecule has 1 aromatic heterocycles. The van der Waals surface area contributed by atoms with Crippen LogP contribution in [0.5, 0.6) is 0 Å². The van der Waals surface area contributed by atoms with E-state index in [1.807, 2.05) is 27.2 Å². The van der Waals surface area contributed by atoms with Crippen molar-refractivity contribution in [3.05, 3.63) is 21.5 Å². The Bertz CT molecular complexity index is 663. The summed E-state index contributed by atoms with van der Waals surface area (Å²) in [6.07, 6.45) is 4.58. The number of fused-ring (bicyclic) bond motifs is 1. The van der Waals surface area contributed by atoms with E-state index in [2.05, 4.69) is 18.8 Å². The van der Waals surface area contributed by atoms with Gasteiger partial charge in [0.25, 0.3) is 0 Å². The van der Waals surface area contributed by atoms with Gasteiger partial charge in [0.1, 0.15) is 5.82 Å². The highest BCUT2D eigenvalue weighted by Gasteiger charge is 2.30. The lowest BCUT2D eigenvalue weighted by Gasteiger charge is -2.36. The number of imidazole rings is 1. The van der Waals surface area contributed by atoms with Crippen molar-refractivity contribution >= 4 is 39.6 Å². The largest absolute Gasteiger partial charge is 0.369 e. The summed E-state index contributed by atoms with van der Waals surface area (Å²) >= 11 is 1.99. The zero-order valence-corrected chi connectivity index (χ0v) is 13.9. The van der Waals surface area contributed by atoms with E-state index in [0.29, 0.717) is 21.0 Å². The van der Waals surface area contributed by atoms with E-state index < -0.39 is 0 Å². The summed E-state index contributed by atoms with van der Waals surface area (Å²) in [6.45, 7) is 4.58. The highest BCUT2D eigenvalue weighted by atomic mass is 127. The molecule has 20 heavy (non-hydrogen) atoms. The Kier molecular flexibility index (Phi) is 3.43. The molecule has 0 amide bonds. The monoisotopic (exact) mass is 387 g/mol. The molecule has 1 unspecified atom stereocenters. The van der Waals surface area contributed by atoms with Crippen LogP contribution < -0.4 is 5.73 Å². The Hall–Kier alpha value is -0.850. The Labute approximate surface area is 131 Å². The van der Waals surface area contributed by atoms with Gasteiger partial charge in [0, 0.05) is 12.1 Å². The first kappa shape index (κ1) is 14.1. The molecule has 1 heterocycles. The van der Waals surface area contributed by atoms with Crippen molar-refractivity contribution in [1.29, 1.82) is 0 Å². The molecule has 0 saturated heterocycles. The summed E-state index contributed by atoms with van der Waals surface area (Å²) in [5.74, 6) is 0.304.